The van der Waals surface area contributed by atoms with Gasteiger partial charge in [-0.2, -0.15) is 0 Å². The average Bonchev–Trinajstić information content (AvgIpc) is 2.56. The standard InChI is InChI=1S/C17H22N4O/c1-3-14(4-2)17(22)21-15-7-8-16(20-12-15)19-11-13-6-5-9-18-10-13/h5-10,12,14H,3-4,11H2,1-2H3,(H,19,20)(H,21,22). The molecule has 2 rings (SSSR count). The smallest absolute Gasteiger partial charge is 0.227 e. The number of amides is 1. The molecule has 2 heterocycles. The third-order valence-electron chi connectivity index (χ3n) is 3.58. The normalized spacial score (nSPS) is 10.5. The van der Waals surface area contributed by atoms with Gasteiger partial charge in [-0.25, -0.2) is 4.98 Å². The minimum atomic E-state index is 0.0582. The second-order valence-corrected chi connectivity index (χ2v) is 5.15. The van der Waals surface area contributed by atoms with Gasteiger partial charge in [0.1, 0.15) is 5.82 Å². The molecule has 0 fully saturated rings. The van der Waals surface area contributed by atoms with E-state index in [9.17, 15) is 4.79 Å². The molecule has 0 atom stereocenters. The number of hydrogen-bond donors (Lipinski definition) is 2. The summed E-state index contributed by atoms with van der Waals surface area (Å²) in [7, 11) is 0. The second kappa shape index (κ2) is 8.12. The zero-order chi connectivity index (χ0) is 15.8. The lowest BCUT2D eigenvalue weighted by atomic mass is 10.0. The Balaban J connectivity index is 1.89. The van der Waals surface area contributed by atoms with E-state index in [4.69, 9.17) is 0 Å². The minimum Gasteiger partial charge on any atom is -0.366 e. The van der Waals surface area contributed by atoms with Gasteiger partial charge in [0.05, 0.1) is 11.9 Å². The van der Waals surface area contributed by atoms with E-state index in [1.807, 2.05) is 44.3 Å². The van der Waals surface area contributed by atoms with E-state index in [2.05, 4.69) is 20.6 Å². The Hall–Kier alpha value is -2.43. The van der Waals surface area contributed by atoms with Crippen LogP contribution in [0.3, 0.4) is 0 Å². The highest BCUT2D eigenvalue weighted by atomic mass is 16.1. The van der Waals surface area contributed by atoms with Crippen molar-refractivity contribution in [1.82, 2.24) is 9.97 Å². The molecule has 0 saturated heterocycles. The van der Waals surface area contributed by atoms with Crippen molar-refractivity contribution in [3.05, 3.63) is 48.4 Å². The van der Waals surface area contributed by atoms with E-state index in [-0.39, 0.29) is 11.8 Å². The molecule has 0 aliphatic carbocycles. The molecule has 2 aromatic heterocycles. The average molecular weight is 298 g/mol. The number of nitrogens with zero attached hydrogens (tertiary/aromatic N) is 2. The van der Waals surface area contributed by atoms with Gasteiger partial charge in [0.15, 0.2) is 0 Å². The van der Waals surface area contributed by atoms with Crippen LogP contribution in [-0.2, 0) is 11.3 Å². The Bertz CT molecular complexity index is 579. The molecular weight excluding hydrogens is 276 g/mol. The lowest BCUT2D eigenvalue weighted by molar-refractivity contribution is -0.120. The molecule has 0 saturated carbocycles. The SMILES string of the molecule is CCC(CC)C(=O)Nc1ccc(NCc2cccnc2)nc1. The molecule has 5 nitrogen and oxygen atoms in total. The molecule has 2 aromatic rings. The number of carbonyl (C=O) groups is 1. The van der Waals surface area contributed by atoms with Gasteiger partial charge in [-0.05, 0) is 36.6 Å². The van der Waals surface area contributed by atoms with Crippen LogP contribution in [0.15, 0.2) is 42.9 Å². The maximum absolute atomic E-state index is 12.0. The van der Waals surface area contributed by atoms with E-state index < -0.39 is 0 Å². The van der Waals surface area contributed by atoms with Crippen molar-refractivity contribution in [3.8, 4) is 0 Å². The number of carbonyl (C=O) groups excluding carboxylic acids is 1. The topological polar surface area (TPSA) is 66.9 Å². The van der Waals surface area contributed by atoms with Gasteiger partial charge in [-0.1, -0.05) is 19.9 Å². The van der Waals surface area contributed by atoms with Gasteiger partial charge < -0.3 is 10.6 Å². The number of nitrogens with one attached hydrogen (secondary N) is 2. The first kappa shape index (κ1) is 15.9. The number of rotatable bonds is 7. The third-order valence-corrected chi connectivity index (χ3v) is 3.58. The Kier molecular flexibility index (Phi) is 5.89. The largest absolute Gasteiger partial charge is 0.366 e. The summed E-state index contributed by atoms with van der Waals surface area (Å²) in [5.41, 5.74) is 1.82. The second-order valence-electron chi connectivity index (χ2n) is 5.15. The molecule has 0 aliphatic rings. The number of aromatic nitrogens is 2. The Morgan fingerprint density at radius 2 is 2.00 bits per heavy atom. The van der Waals surface area contributed by atoms with Crippen LogP contribution in [0.25, 0.3) is 0 Å². The highest BCUT2D eigenvalue weighted by Gasteiger charge is 2.13. The van der Waals surface area contributed by atoms with Crippen LogP contribution in [0.5, 0.6) is 0 Å². The van der Waals surface area contributed by atoms with Gasteiger partial charge in [0, 0.05) is 24.9 Å². The lowest BCUT2D eigenvalue weighted by Gasteiger charge is -2.13. The first-order valence-corrected chi connectivity index (χ1v) is 7.62. The quantitative estimate of drug-likeness (QED) is 0.821. The highest BCUT2D eigenvalue weighted by molar-refractivity contribution is 5.92. The third kappa shape index (κ3) is 4.55. The molecule has 0 spiro atoms. The predicted octanol–water partition coefficient (Wildman–Crippen LogP) is 3.46. The molecule has 2 N–H and O–H groups in total. The summed E-state index contributed by atoms with van der Waals surface area (Å²) in [5, 5.41) is 6.13. The van der Waals surface area contributed by atoms with Crippen LogP contribution < -0.4 is 10.6 Å². The molecule has 0 radical (unpaired) electrons. The molecule has 116 valence electrons. The summed E-state index contributed by atoms with van der Waals surface area (Å²) in [4.78, 5) is 20.4. The van der Waals surface area contributed by atoms with Crippen LogP contribution >= 0.6 is 0 Å². The van der Waals surface area contributed by atoms with Crippen LogP contribution in [0.4, 0.5) is 11.5 Å². The van der Waals surface area contributed by atoms with Gasteiger partial charge in [-0.15, -0.1) is 0 Å². The molecule has 0 unspecified atom stereocenters. The van der Waals surface area contributed by atoms with Crippen LogP contribution in [0.1, 0.15) is 32.3 Å². The van der Waals surface area contributed by atoms with Gasteiger partial charge in [0.2, 0.25) is 5.91 Å². The summed E-state index contributed by atoms with van der Waals surface area (Å²) in [6.07, 6.45) is 6.93. The molecular formula is C17H22N4O. The summed E-state index contributed by atoms with van der Waals surface area (Å²) in [6, 6.07) is 7.63. The Morgan fingerprint density at radius 3 is 2.59 bits per heavy atom. The molecule has 0 aromatic carbocycles. The van der Waals surface area contributed by atoms with Gasteiger partial charge >= 0.3 is 0 Å². The van der Waals surface area contributed by atoms with Gasteiger partial charge in [0.25, 0.3) is 0 Å². The zero-order valence-corrected chi connectivity index (χ0v) is 13.0. The van der Waals surface area contributed by atoms with Crippen molar-refractivity contribution < 1.29 is 4.79 Å². The zero-order valence-electron chi connectivity index (χ0n) is 13.0. The van der Waals surface area contributed by atoms with E-state index in [1.54, 1.807) is 12.4 Å². The Morgan fingerprint density at radius 1 is 1.18 bits per heavy atom. The van der Waals surface area contributed by atoms with Crippen LogP contribution in [0.2, 0.25) is 0 Å². The maximum atomic E-state index is 12.0. The number of hydrogen-bond acceptors (Lipinski definition) is 4. The highest BCUT2D eigenvalue weighted by Crippen LogP contribution is 2.14. The maximum Gasteiger partial charge on any atom is 0.227 e. The van der Waals surface area contributed by atoms with Crippen LogP contribution in [0, 0.1) is 5.92 Å². The Labute approximate surface area is 131 Å². The van der Waals surface area contributed by atoms with Crippen molar-refractivity contribution in [2.75, 3.05) is 10.6 Å². The first-order valence-electron chi connectivity index (χ1n) is 7.62. The first-order chi connectivity index (χ1) is 10.7. The van der Waals surface area contributed by atoms with Crippen molar-refractivity contribution in [1.29, 1.82) is 0 Å². The van der Waals surface area contributed by atoms with E-state index >= 15 is 0 Å². The van der Waals surface area contributed by atoms with Crippen molar-refractivity contribution >= 4 is 17.4 Å². The molecule has 5 heteroatoms. The van der Waals surface area contributed by atoms with E-state index in [1.165, 1.54) is 0 Å². The monoisotopic (exact) mass is 298 g/mol. The van der Waals surface area contributed by atoms with Crippen molar-refractivity contribution in [3.63, 3.8) is 0 Å². The fraction of sp³-hybridized carbons (Fsp3) is 0.353. The fourth-order valence-corrected chi connectivity index (χ4v) is 2.17. The molecule has 0 bridgehead atoms. The summed E-state index contributed by atoms with van der Waals surface area (Å²) >= 11 is 0. The molecule has 0 aliphatic heterocycles. The number of pyridine rings is 2. The van der Waals surface area contributed by atoms with Crippen molar-refractivity contribution in [2.24, 2.45) is 5.92 Å². The lowest BCUT2D eigenvalue weighted by Crippen LogP contribution is -2.21. The summed E-state index contributed by atoms with van der Waals surface area (Å²) in [5.74, 6) is 0.885. The number of anilines is 2. The fourth-order valence-electron chi connectivity index (χ4n) is 2.17. The van der Waals surface area contributed by atoms with E-state index in [0.717, 1.165) is 29.9 Å². The predicted molar refractivity (Wildman–Crippen MR) is 88.5 cm³/mol. The van der Waals surface area contributed by atoms with Gasteiger partial charge in [-0.3, -0.25) is 9.78 Å². The minimum absolute atomic E-state index is 0.0582. The molecule has 22 heavy (non-hydrogen) atoms. The van der Waals surface area contributed by atoms with Crippen molar-refractivity contribution in [2.45, 2.75) is 33.2 Å². The summed E-state index contributed by atoms with van der Waals surface area (Å²) in [6.45, 7) is 4.72. The molecule has 1 amide bonds. The summed E-state index contributed by atoms with van der Waals surface area (Å²) < 4.78 is 0. The van der Waals surface area contributed by atoms with E-state index in [0.29, 0.717) is 6.54 Å². The van der Waals surface area contributed by atoms with Crippen LogP contribution in [-0.4, -0.2) is 15.9 Å².